The van der Waals surface area contributed by atoms with Crippen LogP contribution in [0.2, 0.25) is 0 Å². The highest BCUT2D eigenvalue weighted by Gasteiger charge is 2.41. The molecule has 0 unspecified atom stereocenters. The number of Topliss-reactive ketones (excluding diaryl/α,β-unsaturated/α-hetero) is 1. The summed E-state index contributed by atoms with van der Waals surface area (Å²) in [6.07, 6.45) is 0. The molecule has 0 saturated carbocycles. The first-order valence-corrected chi connectivity index (χ1v) is 5.03. The number of rotatable bonds is 5. The van der Waals surface area contributed by atoms with Gasteiger partial charge in [0.05, 0.1) is 5.56 Å². The van der Waals surface area contributed by atoms with Crippen molar-refractivity contribution in [3.8, 4) is 5.75 Å². The summed E-state index contributed by atoms with van der Waals surface area (Å²) in [5, 5.41) is 9.47. The minimum atomic E-state index is -2.33. The van der Waals surface area contributed by atoms with Crippen LogP contribution in [-0.2, 0) is 0 Å². The Bertz CT molecular complexity index is 406. The maximum absolute atomic E-state index is 12.7. The predicted octanol–water partition coefficient (Wildman–Crippen LogP) is 2.78. The molecular weight excluding hydrogens is 233 g/mol. The zero-order chi connectivity index (χ0) is 13.1. The van der Waals surface area contributed by atoms with Crippen LogP contribution in [0.4, 0.5) is 13.2 Å². The highest BCUT2D eigenvalue weighted by atomic mass is 19.1. The number of ketones is 1. The second kappa shape index (κ2) is 5.21. The number of aryl methyl sites for hydroxylation is 1. The number of carbonyl (C=O) groups excluding carboxylic acids is 1. The second-order valence-corrected chi connectivity index (χ2v) is 4.03. The number of halogens is 3. The van der Waals surface area contributed by atoms with Crippen molar-refractivity contribution >= 4 is 5.78 Å². The number of alkyl halides is 3. The summed E-state index contributed by atoms with van der Waals surface area (Å²) < 4.78 is 38.1. The van der Waals surface area contributed by atoms with E-state index in [1.807, 2.05) is 0 Å². The lowest BCUT2D eigenvalue weighted by molar-refractivity contribution is 0.0596. The van der Waals surface area contributed by atoms with Crippen LogP contribution in [0, 0.1) is 12.3 Å². The zero-order valence-corrected chi connectivity index (χ0v) is 9.34. The summed E-state index contributed by atoms with van der Waals surface area (Å²) in [6, 6.07) is 4.06. The Morgan fingerprint density at radius 3 is 2.24 bits per heavy atom. The van der Waals surface area contributed by atoms with Gasteiger partial charge in [-0.2, -0.15) is 0 Å². The van der Waals surface area contributed by atoms with Crippen molar-refractivity contribution in [2.75, 3.05) is 20.0 Å². The van der Waals surface area contributed by atoms with Crippen LogP contribution >= 0.6 is 0 Å². The molecule has 0 aliphatic heterocycles. The standard InChI is InChI=1S/C12H13F3O2/c1-8-2-3-10(16)9(4-8)11(17)12(5-13,6-14)7-15/h2-4,16H,5-7H2,1H3. The Balaban J connectivity index is 3.23. The Labute approximate surface area is 97.1 Å². The van der Waals surface area contributed by atoms with Gasteiger partial charge in [0.2, 0.25) is 0 Å². The third-order valence-electron chi connectivity index (χ3n) is 2.65. The molecule has 1 aromatic carbocycles. The monoisotopic (exact) mass is 246 g/mol. The predicted molar refractivity (Wildman–Crippen MR) is 57.5 cm³/mol. The normalized spacial score (nSPS) is 11.5. The first kappa shape index (κ1) is 13.5. The van der Waals surface area contributed by atoms with E-state index in [1.165, 1.54) is 18.2 Å². The van der Waals surface area contributed by atoms with E-state index in [-0.39, 0.29) is 5.56 Å². The van der Waals surface area contributed by atoms with Crippen LogP contribution in [0.15, 0.2) is 18.2 Å². The van der Waals surface area contributed by atoms with Gasteiger partial charge in [0.15, 0.2) is 5.78 Å². The Morgan fingerprint density at radius 2 is 1.76 bits per heavy atom. The molecule has 1 N–H and O–H groups in total. The summed E-state index contributed by atoms with van der Waals surface area (Å²) in [6.45, 7) is -2.66. The third kappa shape index (κ3) is 2.43. The van der Waals surface area contributed by atoms with Crippen molar-refractivity contribution in [3.05, 3.63) is 29.3 Å². The molecule has 17 heavy (non-hydrogen) atoms. The van der Waals surface area contributed by atoms with Gasteiger partial charge in [0, 0.05) is 0 Å². The van der Waals surface area contributed by atoms with Crippen molar-refractivity contribution in [2.45, 2.75) is 6.92 Å². The van der Waals surface area contributed by atoms with Gasteiger partial charge in [0.25, 0.3) is 0 Å². The van der Waals surface area contributed by atoms with Crippen LogP contribution in [0.1, 0.15) is 15.9 Å². The number of phenols is 1. The molecule has 0 heterocycles. The number of hydrogen-bond donors (Lipinski definition) is 1. The van der Waals surface area contributed by atoms with E-state index in [2.05, 4.69) is 0 Å². The molecule has 0 atom stereocenters. The van der Waals surface area contributed by atoms with Gasteiger partial charge in [-0.1, -0.05) is 11.6 Å². The number of carbonyl (C=O) groups is 1. The molecule has 0 amide bonds. The molecule has 0 aliphatic carbocycles. The first-order chi connectivity index (χ1) is 8.00. The molecule has 1 aromatic rings. The van der Waals surface area contributed by atoms with Crippen molar-refractivity contribution in [3.63, 3.8) is 0 Å². The fourth-order valence-corrected chi connectivity index (χ4v) is 1.41. The minimum Gasteiger partial charge on any atom is -0.507 e. The topological polar surface area (TPSA) is 37.3 Å². The molecule has 0 aromatic heterocycles. The summed E-state index contributed by atoms with van der Waals surface area (Å²) in [4.78, 5) is 11.9. The van der Waals surface area contributed by atoms with Gasteiger partial charge >= 0.3 is 0 Å². The maximum atomic E-state index is 12.7. The molecule has 0 fully saturated rings. The van der Waals surface area contributed by atoms with Gasteiger partial charge in [0.1, 0.15) is 31.2 Å². The summed E-state index contributed by atoms with van der Waals surface area (Å²) in [5.74, 6) is -1.45. The molecule has 0 radical (unpaired) electrons. The van der Waals surface area contributed by atoms with E-state index in [9.17, 15) is 23.1 Å². The van der Waals surface area contributed by atoms with Gasteiger partial charge in [-0.15, -0.1) is 0 Å². The van der Waals surface area contributed by atoms with E-state index in [0.29, 0.717) is 5.56 Å². The lowest BCUT2D eigenvalue weighted by Gasteiger charge is -2.23. The summed E-state index contributed by atoms with van der Waals surface area (Å²) >= 11 is 0. The highest BCUT2D eigenvalue weighted by Crippen LogP contribution is 2.30. The minimum absolute atomic E-state index is 0.252. The van der Waals surface area contributed by atoms with E-state index in [1.54, 1.807) is 6.92 Å². The number of aromatic hydroxyl groups is 1. The first-order valence-electron chi connectivity index (χ1n) is 5.03. The fourth-order valence-electron chi connectivity index (χ4n) is 1.41. The van der Waals surface area contributed by atoms with Crippen LogP contribution in [0.3, 0.4) is 0 Å². The van der Waals surface area contributed by atoms with Crippen LogP contribution < -0.4 is 0 Å². The van der Waals surface area contributed by atoms with E-state index in [4.69, 9.17) is 0 Å². The van der Waals surface area contributed by atoms with Gasteiger partial charge in [-0.3, -0.25) is 4.79 Å². The quantitative estimate of drug-likeness (QED) is 0.811. The van der Waals surface area contributed by atoms with E-state index < -0.39 is 37.0 Å². The number of hydrogen-bond acceptors (Lipinski definition) is 2. The average molecular weight is 246 g/mol. The number of phenolic OH excluding ortho intramolecular Hbond substituents is 1. The van der Waals surface area contributed by atoms with Gasteiger partial charge in [-0.05, 0) is 19.1 Å². The molecule has 94 valence electrons. The SMILES string of the molecule is Cc1ccc(O)c(C(=O)C(CF)(CF)CF)c1. The number of benzene rings is 1. The highest BCUT2D eigenvalue weighted by molar-refractivity contribution is 6.03. The average Bonchev–Trinajstić information content (AvgIpc) is 2.35. The molecule has 1 rings (SSSR count). The molecule has 0 bridgehead atoms. The zero-order valence-electron chi connectivity index (χ0n) is 9.34. The lowest BCUT2D eigenvalue weighted by Crippen LogP contribution is -2.38. The molecule has 0 saturated heterocycles. The van der Waals surface area contributed by atoms with E-state index >= 15 is 0 Å². The van der Waals surface area contributed by atoms with Crippen molar-refractivity contribution in [1.82, 2.24) is 0 Å². The van der Waals surface area contributed by atoms with Gasteiger partial charge < -0.3 is 5.11 Å². The van der Waals surface area contributed by atoms with E-state index in [0.717, 1.165) is 0 Å². The Morgan fingerprint density at radius 1 is 1.24 bits per heavy atom. The van der Waals surface area contributed by atoms with Crippen molar-refractivity contribution in [1.29, 1.82) is 0 Å². The smallest absolute Gasteiger partial charge is 0.180 e. The fraction of sp³-hybridized carbons (Fsp3) is 0.417. The van der Waals surface area contributed by atoms with Crippen molar-refractivity contribution in [2.24, 2.45) is 5.41 Å². The Hall–Kier alpha value is -1.52. The molecular formula is C12H13F3O2. The lowest BCUT2D eigenvalue weighted by atomic mass is 9.83. The maximum Gasteiger partial charge on any atom is 0.180 e. The third-order valence-corrected chi connectivity index (χ3v) is 2.65. The van der Waals surface area contributed by atoms with Gasteiger partial charge in [-0.25, -0.2) is 13.2 Å². The van der Waals surface area contributed by atoms with Crippen LogP contribution in [-0.4, -0.2) is 30.9 Å². The summed E-state index contributed by atoms with van der Waals surface area (Å²) in [7, 11) is 0. The summed E-state index contributed by atoms with van der Waals surface area (Å²) in [5.41, 5.74) is -1.94. The van der Waals surface area contributed by atoms with Crippen LogP contribution in [0.5, 0.6) is 5.75 Å². The molecule has 0 aliphatic rings. The molecule has 2 nitrogen and oxygen atoms in total. The largest absolute Gasteiger partial charge is 0.507 e. The molecule has 5 heteroatoms. The molecule has 0 spiro atoms. The van der Waals surface area contributed by atoms with Crippen molar-refractivity contribution < 1.29 is 23.1 Å². The Kier molecular flexibility index (Phi) is 4.15. The van der Waals surface area contributed by atoms with Crippen LogP contribution in [0.25, 0.3) is 0 Å². The second-order valence-electron chi connectivity index (χ2n) is 4.03.